The molecular weight excluding hydrogens is 616 g/mol. The number of fused-ring (bicyclic) bond motifs is 2. The van der Waals surface area contributed by atoms with Crippen molar-refractivity contribution in [2.24, 2.45) is 9.98 Å². The molecule has 4 aliphatic rings. The predicted octanol–water partition coefficient (Wildman–Crippen LogP) is 9.88. The zero-order valence-corrected chi connectivity index (χ0v) is 26.4. The maximum Gasteiger partial charge on any atom is 0.417 e. The Labute approximate surface area is 270 Å². The van der Waals surface area contributed by atoms with Gasteiger partial charge in [-0.05, 0) is 80.0 Å². The van der Waals surface area contributed by atoms with Gasteiger partial charge in [-0.1, -0.05) is 47.6 Å². The van der Waals surface area contributed by atoms with Gasteiger partial charge in [-0.3, -0.25) is 4.99 Å². The van der Waals surface area contributed by atoms with Gasteiger partial charge >= 0.3 is 12.4 Å². The molecule has 0 amide bonds. The molecule has 47 heavy (non-hydrogen) atoms. The van der Waals surface area contributed by atoms with E-state index in [0.29, 0.717) is 43.1 Å². The lowest BCUT2D eigenvalue weighted by atomic mass is 9.92. The van der Waals surface area contributed by atoms with E-state index >= 15 is 0 Å². The van der Waals surface area contributed by atoms with Gasteiger partial charge in [0.15, 0.2) is 0 Å². The molecule has 1 atom stereocenters. The van der Waals surface area contributed by atoms with E-state index in [0.717, 1.165) is 55.5 Å². The van der Waals surface area contributed by atoms with E-state index in [1.807, 2.05) is 6.21 Å². The van der Waals surface area contributed by atoms with Crippen LogP contribution in [0.3, 0.4) is 0 Å². The van der Waals surface area contributed by atoms with Gasteiger partial charge in [0.05, 0.1) is 35.2 Å². The third-order valence-electron chi connectivity index (χ3n) is 9.37. The zero-order valence-electron chi connectivity index (χ0n) is 26.4. The molecule has 0 saturated heterocycles. The number of alkyl halides is 6. The van der Waals surface area contributed by atoms with Crippen LogP contribution in [0.25, 0.3) is 5.57 Å². The molecule has 0 radical (unpaired) electrons. The molecule has 4 heterocycles. The third kappa shape index (κ3) is 7.41. The highest BCUT2D eigenvalue weighted by atomic mass is 19.4. The highest BCUT2D eigenvalue weighted by Crippen LogP contribution is 2.42. The highest BCUT2D eigenvalue weighted by Gasteiger charge is 2.39. The van der Waals surface area contributed by atoms with E-state index < -0.39 is 23.5 Å². The summed E-state index contributed by atoms with van der Waals surface area (Å²) in [5.41, 5.74) is 3.75. The molecule has 0 saturated carbocycles. The number of amidine groups is 1. The van der Waals surface area contributed by atoms with Crippen molar-refractivity contribution in [1.82, 2.24) is 4.90 Å². The van der Waals surface area contributed by atoms with Crippen LogP contribution < -0.4 is 0 Å². The smallest absolute Gasteiger partial charge is 0.417 e. The summed E-state index contributed by atoms with van der Waals surface area (Å²) in [6, 6.07) is 10.2. The molecule has 1 unspecified atom stereocenters. The van der Waals surface area contributed by atoms with Crippen LogP contribution >= 0.6 is 0 Å². The van der Waals surface area contributed by atoms with Gasteiger partial charge < -0.3 is 9.64 Å². The number of benzene rings is 2. The van der Waals surface area contributed by atoms with E-state index in [1.165, 1.54) is 16.7 Å². The lowest BCUT2D eigenvalue weighted by molar-refractivity contribution is -0.143. The van der Waals surface area contributed by atoms with E-state index in [9.17, 15) is 26.3 Å². The molecular formula is C37H37F6N3O. The molecule has 0 spiro atoms. The van der Waals surface area contributed by atoms with Crippen molar-refractivity contribution in [3.05, 3.63) is 111 Å². The average molecular weight is 654 g/mol. The first-order valence-corrected chi connectivity index (χ1v) is 16.0. The fraction of sp³-hybridized carbons (Fsp3) is 0.405. The first kappa shape index (κ1) is 32.8. The number of allylic oxidation sites excluding steroid dienone is 5. The maximum absolute atomic E-state index is 14.1. The minimum absolute atomic E-state index is 0.193. The quantitative estimate of drug-likeness (QED) is 0.309. The Morgan fingerprint density at radius 3 is 2.40 bits per heavy atom. The maximum atomic E-state index is 14.1. The SMILES string of the molecule is CC1=C2C=NC(CC3=CC(c4ccc(C(F)(F)F)cc4C(F)(F)F)=C(C)CCO3)CCC=C2N=C(N2CCc3ccccc3C2)CC1. The number of rotatable bonds is 3. The lowest BCUT2D eigenvalue weighted by Gasteiger charge is -2.31. The molecule has 4 nitrogen and oxygen atoms in total. The monoisotopic (exact) mass is 653 g/mol. The molecule has 0 bridgehead atoms. The highest BCUT2D eigenvalue weighted by molar-refractivity contribution is 5.91. The molecule has 2 aromatic rings. The van der Waals surface area contributed by atoms with E-state index in [2.05, 4.69) is 42.2 Å². The standard InChI is InChI=1S/C37H37F6N3O/c1-23-10-13-35(46-16-14-25-6-3-4-7-26(25)22-46)45-34-9-5-8-28(44-21-32(23)34)19-29-20-31(24(2)15-17-47-29)30-12-11-27(36(38,39)40)18-33(30)37(41,42)43/h3-4,6-7,9,11-12,18,20-21,28H,5,8,10,13-17,19,22H2,1-2H3. The predicted molar refractivity (Wildman–Crippen MR) is 172 cm³/mol. The van der Waals surface area contributed by atoms with Gasteiger partial charge in [-0.15, -0.1) is 0 Å². The lowest BCUT2D eigenvalue weighted by Crippen LogP contribution is -2.35. The van der Waals surface area contributed by atoms with E-state index in [4.69, 9.17) is 14.7 Å². The molecule has 2 aromatic carbocycles. The molecule has 0 N–H and O–H groups in total. The van der Waals surface area contributed by atoms with Crippen LogP contribution in [-0.4, -0.2) is 36.1 Å². The number of hydrogen-bond donors (Lipinski definition) is 0. The summed E-state index contributed by atoms with van der Waals surface area (Å²) in [4.78, 5) is 12.4. The van der Waals surface area contributed by atoms with Crippen molar-refractivity contribution in [2.75, 3.05) is 13.2 Å². The summed E-state index contributed by atoms with van der Waals surface area (Å²) in [5, 5.41) is 0. The summed E-state index contributed by atoms with van der Waals surface area (Å²) >= 11 is 0. The molecule has 248 valence electrons. The largest absolute Gasteiger partial charge is 0.498 e. The van der Waals surface area contributed by atoms with Gasteiger partial charge in [0.25, 0.3) is 0 Å². The van der Waals surface area contributed by atoms with Gasteiger partial charge in [-0.25, -0.2) is 4.99 Å². The molecule has 0 aromatic heterocycles. The Morgan fingerprint density at radius 2 is 1.64 bits per heavy atom. The number of aliphatic imine (C=N–C) groups is 2. The molecule has 4 aliphatic heterocycles. The Kier molecular flexibility index (Phi) is 9.23. The van der Waals surface area contributed by atoms with Crippen LogP contribution in [0.2, 0.25) is 0 Å². The van der Waals surface area contributed by atoms with Crippen molar-refractivity contribution >= 4 is 17.6 Å². The van der Waals surface area contributed by atoms with Crippen LogP contribution in [0.5, 0.6) is 0 Å². The minimum atomic E-state index is -4.97. The normalized spacial score (nSPS) is 21.0. The molecule has 10 heteroatoms. The second-order valence-corrected chi connectivity index (χ2v) is 12.6. The van der Waals surface area contributed by atoms with E-state index in [1.54, 1.807) is 13.0 Å². The van der Waals surface area contributed by atoms with Crippen LogP contribution in [0.1, 0.15) is 80.2 Å². The first-order chi connectivity index (χ1) is 22.4. The van der Waals surface area contributed by atoms with Gasteiger partial charge in [-0.2, -0.15) is 26.3 Å². The second-order valence-electron chi connectivity index (χ2n) is 12.6. The number of halogens is 6. The van der Waals surface area contributed by atoms with Crippen LogP contribution in [0.15, 0.2) is 92.8 Å². The number of ether oxygens (including phenoxy) is 1. The summed E-state index contributed by atoms with van der Waals surface area (Å²) in [6.07, 6.45) is 0.496. The Balaban J connectivity index is 1.23. The fourth-order valence-corrected chi connectivity index (χ4v) is 6.65. The molecule has 0 aliphatic carbocycles. The summed E-state index contributed by atoms with van der Waals surface area (Å²) in [7, 11) is 0. The Hall–Kier alpha value is -4.08. The Bertz CT molecular complexity index is 1720. The van der Waals surface area contributed by atoms with Crippen molar-refractivity contribution in [2.45, 2.75) is 83.7 Å². The summed E-state index contributed by atoms with van der Waals surface area (Å²) in [6.45, 7) is 5.82. The van der Waals surface area contributed by atoms with Crippen LogP contribution in [0, 0.1) is 0 Å². The van der Waals surface area contributed by atoms with Crippen LogP contribution in [-0.2, 0) is 30.1 Å². The zero-order chi connectivity index (χ0) is 33.3. The van der Waals surface area contributed by atoms with Gasteiger partial charge in [0, 0.05) is 44.1 Å². The fourth-order valence-electron chi connectivity index (χ4n) is 6.65. The first-order valence-electron chi connectivity index (χ1n) is 16.0. The number of hydrogen-bond acceptors (Lipinski definition) is 4. The third-order valence-corrected chi connectivity index (χ3v) is 9.37. The number of nitrogens with zero attached hydrogens (tertiary/aromatic N) is 3. The van der Waals surface area contributed by atoms with Crippen molar-refractivity contribution in [3.8, 4) is 0 Å². The van der Waals surface area contributed by atoms with Gasteiger partial charge in [0.2, 0.25) is 0 Å². The van der Waals surface area contributed by atoms with Crippen molar-refractivity contribution in [3.63, 3.8) is 0 Å². The van der Waals surface area contributed by atoms with Crippen molar-refractivity contribution in [1.29, 1.82) is 0 Å². The second kappa shape index (κ2) is 13.2. The summed E-state index contributed by atoms with van der Waals surface area (Å²) < 4.78 is 88.1. The summed E-state index contributed by atoms with van der Waals surface area (Å²) in [5.74, 6) is 1.55. The molecule has 6 rings (SSSR count). The van der Waals surface area contributed by atoms with E-state index in [-0.39, 0.29) is 29.9 Å². The molecule has 0 fully saturated rings. The minimum Gasteiger partial charge on any atom is -0.498 e. The van der Waals surface area contributed by atoms with Crippen LogP contribution in [0.4, 0.5) is 26.3 Å². The van der Waals surface area contributed by atoms with Gasteiger partial charge in [0.1, 0.15) is 5.84 Å². The van der Waals surface area contributed by atoms with Crippen molar-refractivity contribution < 1.29 is 31.1 Å². The average Bonchev–Trinajstić information content (AvgIpc) is 3.29. The Morgan fingerprint density at radius 1 is 0.872 bits per heavy atom. The topological polar surface area (TPSA) is 37.2 Å².